The van der Waals surface area contributed by atoms with Crippen LogP contribution in [0.2, 0.25) is 0 Å². The topological polar surface area (TPSA) is 29.3 Å². The van der Waals surface area contributed by atoms with Crippen LogP contribution in [-0.2, 0) is 0 Å². The van der Waals surface area contributed by atoms with Gasteiger partial charge in [0.1, 0.15) is 0 Å². The highest BCUT2D eigenvalue weighted by Crippen LogP contribution is 2.23. The van der Waals surface area contributed by atoms with Crippen molar-refractivity contribution in [2.24, 2.45) is 5.73 Å². The molecule has 1 aliphatic carbocycles. The maximum Gasteiger partial charge on any atom is 0.0169 e. The molecule has 1 rings (SSSR count). The molecule has 82 valence electrons. The zero-order valence-corrected chi connectivity index (χ0v) is 9.63. The minimum absolute atomic E-state index is 0.785. The quantitative estimate of drug-likeness (QED) is 0.683. The zero-order valence-electron chi connectivity index (χ0n) is 9.63. The molecule has 0 aromatic heterocycles. The molecule has 0 aromatic carbocycles. The van der Waals surface area contributed by atoms with Crippen molar-refractivity contribution < 1.29 is 0 Å². The lowest BCUT2D eigenvalue weighted by atomic mass is 10.2. The minimum atomic E-state index is 0.785. The largest absolute Gasteiger partial charge is 0.329 e. The predicted molar refractivity (Wildman–Crippen MR) is 62.3 cm³/mol. The highest BCUT2D eigenvalue weighted by molar-refractivity contribution is 4.96. The van der Waals surface area contributed by atoms with Crippen LogP contribution in [0.4, 0.5) is 0 Å². The number of nitrogens with two attached hydrogens (primary N) is 1. The minimum Gasteiger partial charge on any atom is -0.329 e. The van der Waals surface area contributed by atoms with Crippen LogP contribution in [0.3, 0.4) is 0 Å². The van der Waals surface area contributed by atoms with Crippen LogP contribution in [0.25, 0.3) is 0 Å². The van der Waals surface area contributed by atoms with Crippen LogP contribution in [0.5, 0.6) is 0 Å². The monoisotopic (exact) mass is 196 g/mol. The Kier molecular flexibility index (Phi) is 5.20. The third-order valence-electron chi connectivity index (χ3n) is 2.99. The summed E-state index contributed by atoms with van der Waals surface area (Å²) in [5, 5.41) is 0. The van der Waals surface area contributed by atoms with Crippen molar-refractivity contribution in [2.75, 3.05) is 19.6 Å². The van der Waals surface area contributed by atoms with Crippen LogP contribution in [0.15, 0.2) is 11.6 Å². The van der Waals surface area contributed by atoms with Crippen molar-refractivity contribution in [2.45, 2.75) is 45.6 Å². The van der Waals surface area contributed by atoms with Crippen LogP contribution < -0.4 is 5.73 Å². The van der Waals surface area contributed by atoms with E-state index in [1.807, 2.05) is 0 Å². The van der Waals surface area contributed by atoms with Gasteiger partial charge < -0.3 is 5.73 Å². The third kappa shape index (κ3) is 3.81. The fourth-order valence-corrected chi connectivity index (χ4v) is 2.16. The maximum atomic E-state index is 5.64. The Morgan fingerprint density at radius 1 is 1.36 bits per heavy atom. The highest BCUT2D eigenvalue weighted by Gasteiger charge is 2.20. The molecule has 0 radical (unpaired) electrons. The molecule has 0 aromatic rings. The third-order valence-corrected chi connectivity index (χ3v) is 2.99. The average Bonchev–Trinajstić information content (AvgIpc) is 2.64. The molecule has 14 heavy (non-hydrogen) atoms. The van der Waals surface area contributed by atoms with E-state index in [1.54, 1.807) is 0 Å². The Hall–Kier alpha value is -0.340. The summed E-state index contributed by atoms with van der Waals surface area (Å²) in [6.45, 7) is 7.25. The molecule has 0 saturated heterocycles. The summed E-state index contributed by atoms with van der Waals surface area (Å²) in [7, 11) is 0. The Labute approximate surface area is 88.2 Å². The lowest BCUT2D eigenvalue weighted by molar-refractivity contribution is 0.226. The van der Waals surface area contributed by atoms with Crippen molar-refractivity contribution in [3.63, 3.8) is 0 Å². The molecule has 0 amide bonds. The van der Waals surface area contributed by atoms with Gasteiger partial charge in [-0.2, -0.15) is 0 Å². The van der Waals surface area contributed by atoms with Crippen molar-refractivity contribution in [3.8, 4) is 0 Å². The molecule has 0 unspecified atom stereocenters. The van der Waals surface area contributed by atoms with Gasteiger partial charge in [-0.1, -0.05) is 24.5 Å². The molecule has 0 spiro atoms. The molecule has 2 heteroatoms. The van der Waals surface area contributed by atoms with Gasteiger partial charge in [0, 0.05) is 25.7 Å². The predicted octanol–water partition coefficient (Wildman–Crippen LogP) is 2.16. The first-order chi connectivity index (χ1) is 6.74. The summed E-state index contributed by atoms with van der Waals surface area (Å²) in [5.41, 5.74) is 7.05. The lowest BCUT2D eigenvalue weighted by Crippen LogP contribution is -2.37. The van der Waals surface area contributed by atoms with Crippen LogP contribution in [0.1, 0.15) is 39.5 Å². The Balaban J connectivity index is 2.41. The second kappa shape index (κ2) is 6.20. The smallest absolute Gasteiger partial charge is 0.0169 e. The van der Waals surface area contributed by atoms with Crippen molar-refractivity contribution >= 4 is 0 Å². The van der Waals surface area contributed by atoms with E-state index in [4.69, 9.17) is 5.73 Å². The Morgan fingerprint density at radius 3 is 2.50 bits per heavy atom. The Morgan fingerprint density at radius 2 is 2.00 bits per heavy atom. The van der Waals surface area contributed by atoms with E-state index in [1.165, 1.54) is 31.3 Å². The summed E-state index contributed by atoms with van der Waals surface area (Å²) in [4.78, 5) is 2.54. The summed E-state index contributed by atoms with van der Waals surface area (Å²) >= 11 is 0. The van der Waals surface area contributed by atoms with Crippen molar-refractivity contribution in [3.05, 3.63) is 11.6 Å². The summed E-state index contributed by atoms with van der Waals surface area (Å²) in [6.07, 6.45) is 7.86. The molecule has 0 bridgehead atoms. The van der Waals surface area contributed by atoms with E-state index in [9.17, 15) is 0 Å². The van der Waals surface area contributed by atoms with Crippen LogP contribution >= 0.6 is 0 Å². The van der Waals surface area contributed by atoms with Gasteiger partial charge in [-0.15, -0.1) is 0 Å². The van der Waals surface area contributed by atoms with Crippen LogP contribution in [-0.4, -0.2) is 30.6 Å². The van der Waals surface area contributed by atoms with Gasteiger partial charge >= 0.3 is 0 Å². The van der Waals surface area contributed by atoms with Gasteiger partial charge in [-0.3, -0.25) is 4.90 Å². The van der Waals surface area contributed by atoms with Gasteiger partial charge in [-0.25, -0.2) is 0 Å². The summed E-state index contributed by atoms with van der Waals surface area (Å²) in [6, 6.07) is 0.800. The molecule has 0 heterocycles. The van der Waals surface area contributed by atoms with E-state index >= 15 is 0 Å². The molecular weight excluding hydrogens is 172 g/mol. The average molecular weight is 196 g/mol. The van der Waals surface area contributed by atoms with Gasteiger partial charge in [0.15, 0.2) is 0 Å². The van der Waals surface area contributed by atoms with Crippen molar-refractivity contribution in [1.82, 2.24) is 4.90 Å². The normalized spacial score (nSPS) is 17.7. The second-order valence-corrected chi connectivity index (χ2v) is 4.50. The SMILES string of the molecule is CC(C)=CCN(CCN)C1CCCC1. The fourth-order valence-electron chi connectivity index (χ4n) is 2.16. The molecule has 0 atom stereocenters. The number of nitrogens with zero attached hydrogens (tertiary/aromatic N) is 1. The second-order valence-electron chi connectivity index (χ2n) is 4.50. The van der Waals surface area contributed by atoms with E-state index in [0.29, 0.717) is 0 Å². The van der Waals surface area contributed by atoms with Gasteiger partial charge in [0.25, 0.3) is 0 Å². The first-order valence-corrected chi connectivity index (χ1v) is 5.81. The van der Waals surface area contributed by atoms with E-state index < -0.39 is 0 Å². The number of hydrogen-bond acceptors (Lipinski definition) is 2. The number of rotatable bonds is 5. The lowest BCUT2D eigenvalue weighted by Gasteiger charge is -2.27. The standard InChI is InChI=1S/C12H24N2/c1-11(2)7-9-14(10-8-13)12-5-3-4-6-12/h7,12H,3-6,8-10,13H2,1-2H3. The first kappa shape index (κ1) is 11.7. The molecular formula is C12H24N2. The number of allylic oxidation sites excluding steroid dienone is 1. The van der Waals surface area contributed by atoms with Gasteiger partial charge in [0.2, 0.25) is 0 Å². The van der Waals surface area contributed by atoms with E-state index in [2.05, 4.69) is 24.8 Å². The first-order valence-electron chi connectivity index (χ1n) is 5.81. The molecule has 2 nitrogen and oxygen atoms in total. The summed E-state index contributed by atoms with van der Waals surface area (Å²) in [5.74, 6) is 0. The Bertz CT molecular complexity index is 177. The zero-order chi connectivity index (χ0) is 10.4. The van der Waals surface area contributed by atoms with Gasteiger partial charge in [-0.05, 0) is 26.7 Å². The fraction of sp³-hybridized carbons (Fsp3) is 0.833. The van der Waals surface area contributed by atoms with Crippen molar-refractivity contribution in [1.29, 1.82) is 0 Å². The molecule has 2 N–H and O–H groups in total. The van der Waals surface area contributed by atoms with Crippen LogP contribution in [0, 0.1) is 0 Å². The number of hydrogen-bond donors (Lipinski definition) is 1. The summed E-state index contributed by atoms with van der Waals surface area (Å²) < 4.78 is 0. The van der Waals surface area contributed by atoms with Gasteiger partial charge in [0.05, 0.1) is 0 Å². The maximum absolute atomic E-state index is 5.64. The van der Waals surface area contributed by atoms with E-state index in [0.717, 1.165) is 25.7 Å². The molecule has 1 fully saturated rings. The molecule has 1 saturated carbocycles. The van der Waals surface area contributed by atoms with E-state index in [-0.39, 0.29) is 0 Å². The molecule has 0 aliphatic heterocycles. The molecule has 1 aliphatic rings. The highest BCUT2D eigenvalue weighted by atomic mass is 15.2.